The van der Waals surface area contributed by atoms with E-state index in [4.69, 9.17) is 4.74 Å². The van der Waals surface area contributed by atoms with E-state index in [1.807, 2.05) is 12.1 Å². The molecule has 3 aromatic rings. The Kier molecular flexibility index (Phi) is 6.05. The molecule has 0 N–H and O–H groups in total. The average Bonchev–Trinajstić information content (AvgIpc) is 2.68. The monoisotopic (exact) mass is 463 g/mol. The molecule has 0 heterocycles. The van der Waals surface area contributed by atoms with Gasteiger partial charge in [-0.3, -0.25) is 4.31 Å². The van der Waals surface area contributed by atoms with Crippen molar-refractivity contribution in [3.8, 4) is 5.75 Å². The normalized spacial score (nSPS) is 11.3. The third kappa shape index (κ3) is 4.36. The molecular formula is C21H19BrFNO3S. The number of nitrogens with zero attached hydrogens (tertiary/aromatic N) is 1. The molecule has 3 aromatic carbocycles. The van der Waals surface area contributed by atoms with E-state index < -0.39 is 15.8 Å². The molecule has 0 unspecified atom stereocenters. The summed E-state index contributed by atoms with van der Waals surface area (Å²) in [6.07, 6.45) is 0. The highest BCUT2D eigenvalue weighted by atomic mass is 79.9. The van der Waals surface area contributed by atoms with Crippen molar-refractivity contribution in [1.82, 2.24) is 0 Å². The van der Waals surface area contributed by atoms with Gasteiger partial charge in [0.1, 0.15) is 11.6 Å². The minimum Gasteiger partial charge on any atom is -0.497 e. The van der Waals surface area contributed by atoms with Crippen molar-refractivity contribution < 1.29 is 17.5 Å². The lowest BCUT2D eigenvalue weighted by Crippen LogP contribution is -2.30. The van der Waals surface area contributed by atoms with Crippen LogP contribution in [0, 0.1) is 12.7 Å². The Bertz CT molecular complexity index is 1100. The van der Waals surface area contributed by atoms with Crippen LogP contribution < -0.4 is 9.04 Å². The quantitative estimate of drug-likeness (QED) is 0.498. The fourth-order valence-electron chi connectivity index (χ4n) is 2.74. The Labute approximate surface area is 172 Å². The Morgan fingerprint density at radius 2 is 1.79 bits per heavy atom. The third-order valence-corrected chi connectivity index (χ3v) is 6.55. The molecule has 7 heteroatoms. The molecule has 0 aliphatic rings. The lowest BCUT2D eigenvalue weighted by Gasteiger charge is -2.25. The van der Waals surface area contributed by atoms with E-state index in [0.717, 1.165) is 16.1 Å². The van der Waals surface area contributed by atoms with Crippen molar-refractivity contribution in [1.29, 1.82) is 0 Å². The number of ether oxygens (including phenoxy) is 1. The lowest BCUT2D eigenvalue weighted by atomic mass is 10.2. The van der Waals surface area contributed by atoms with Crippen LogP contribution in [-0.4, -0.2) is 15.5 Å². The van der Waals surface area contributed by atoms with Crippen LogP contribution in [0.4, 0.5) is 10.1 Å². The summed E-state index contributed by atoms with van der Waals surface area (Å²) in [5.74, 6) is 0.0714. The van der Waals surface area contributed by atoms with Gasteiger partial charge >= 0.3 is 0 Å². The number of aryl methyl sites for hydroxylation is 1. The maximum absolute atomic E-state index is 14.1. The first kappa shape index (κ1) is 20.4. The molecule has 0 aromatic heterocycles. The summed E-state index contributed by atoms with van der Waals surface area (Å²) in [5, 5.41) is 0. The number of halogens is 2. The molecule has 3 rings (SSSR count). The highest BCUT2D eigenvalue weighted by molar-refractivity contribution is 9.10. The van der Waals surface area contributed by atoms with E-state index in [2.05, 4.69) is 15.9 Å². The molecule has 0 aliphatic carbocycles. The summed E-state index contributed by atoms with van der Waals surface area (Å²) in [7, 11) is -2.44. The first-order valence-electron chi connectivity index (χ1n) is 8.48. The van der Waals surface area contributed by atoms with Gasteiger partial charge in [-0.25, -0.2) is 12.8 Å². The maximum Gasteiger partial charge on any atom is 0.264 e. The van der Waals surface area contributed by atoms with Gasteiger partial charge in [0.15, 0.2) is 0 Å². The van der Waals surface area contributed by atoms with E-state index in [-0.39, 0.29) is 11.4 Å². The zero-order chi connectivity index (χ0) is 20.3. The van der Waals surface area contributed by atoms with Gasteiger partial charge in [0, 0.05) is 4.47 Å². The zero-order valence-corrected chi connectivity index (χ0v) is 17.8. The van der Waals surface area contributed by atoms with Gasteiger partial charge in [-0.05, 0) is 60.5 Å². The number of anilines is 1. The number of sulfonamides is 1. The molecule has 0 saturated heterocycles. The van der Waals surface area contributed by atoms with Crippen molar-refractivity contribution in [2.45, 2.75) is 18.4 Å². The van der Waals surface area contributed by atoms with Crippen LogP contribution in [0.15, 0.2) is 76.1 Å². The molecular weight excluding hydrogens is 445 g/mol. The van der Waals surface area contributed by atoms with Gasteiger partial charge in [-0.15, -0.1) is 0 Å². The Morgan fingerprint density at radius 1 is 1.04 bits per heavy atom. The number of hydrogen-bond acceptors (Lipinski definition) is 3. The minimum atomic E-state index is -4.00. The molecule has 0 radical (unpaired) electrons. The van der Waals surface area contributed by atoms with Crippen molar-refractivity contribution in [2.24, 2.45) is 0 Å². The molecule has 0 aliphatic heterocycles. The van der Waals surface area contributed by atoms with Crippen molar-refractivity contribution in [3.63, 3.8) is 0 Å². The highest BCUT2D eigenvalue weighted by Gasteiger charge is 2.26. The second-order valence-corrected chi connectivity index (χ2v) is 9.03. The smallest absolute Gasteiger partial charge is 0.264 e. The maximum atomic E-state index is 14.1. The largest absolute Gasteiger partial charge is 0.497 e. The molecule has 0 atom stereocenters. The average molecular weight is 464 g/mol. The summed E-state index contributed by atoms with van der Waals surface area (Å²) in [4.78, 5) is -0.0986. The predicted molar refractivity (Wildman–Crippen MR) is 112 cm³/mol. The van der Waals surface area contributed by atoms with E-state index in [9.17, 15) is 12.8 Å². The van der Waals surface area contributed by atoms with Crippen LogP contribution >= 0.6 is 15.9 Å². The summed E-state index contributed by atoms with van der Waals surface area (Å²) in [5.41, 5.74) is 1.61. The Hall–Kier alpha value is -2.38. The summed E-state index contributed by atoms with van der Waals surface area (Å²) >= 11 is 3.38. The fourth-order valence-corrected chi connectivity index (χ4v) is 4.59. The summed E-state index contributed by atoms with van der Waals surface area (Å²) in [6, 6.07) is 18.1. The molecule has 0 bridgehead atoms. The second-order valence-electron chi connectivity index (χ2n) is 6.25. The number of benzene rings is 3. The standard InChI is InChI=1S/C21H19BrFNO3S/c1-15-9-10-20(13-21(15)23)28(25,26)24(18-7-4-6-17(22)12-18)14-16-5-3-8-19(11-16)27-2/h3-13H,14H2,1-2H3. The fraction of sp³-hybridized carbons (Fsp3) is 0.143. The summed E-state index contributed by atoms with van der Waals surface area (Å²) in [6.45, 7) is 1.67. The second kappa shape index (κ2) is 8.32. The molecule has 0 saturated carbocycles. The topological polar surface area (TPSA) is 46.6 Å². The Morgan fingerprint density at radius 3 is 2.46 bits per heavy atom. The van der Waals surface area contributed by atoms with Crippen LogP contribution in [-0.2, 0) is 16.6 Å². The summed E-state index contributed by atoms with van der Waals surface area (Å²) < 4.78 is 48.1. The van der Waals surface area contributed by atoms with Gasteiger partial charge < -0.3 is 4.74 Å². The van der Waals surface area contributed by atoms with Crippen LogP contribution in [0.3, 0.4) is 0 Å². The number of rotatable bonds is 6. The predicted octanol–water partition coefficient (Wildman–Crippen LogP) is 5.30. The van der Waals surface area contributed by atoms with Gasteiger partial charge in [0.05, 0.1) is 24.2 Å². The van der Waals surface area contributed by atoms with Crippen molar-refractivity contribution >= 4 is 31.6 Å². The zero-order valence-electron chi connectivity index (χ0n) is 15.4. The van der Waals surface area contributed by atoms with Gasteiger partial charge in [0.25, 0.3) is 10.0 Å². The lowest BCUT2D eigenvalue weighted by molar-refractivity contribution is 0.414. The van der Waals surface area contributed by atoms with Gasteiger partial charge in [-0.2, -0.15) is 0 Å². The van der Waals surface area contributed by atoms with Crippen molar-refractivity contribution in [2.75, 3.05) is 11.4 Å². The molecule has 0 fully saturated rings. The van der Waals surface area contributed by atoms with Crippen molar-refractivity contribution in [3.05, 3.63) is 88.1 Å². The molecule has 146 valence electrons. The van der Waals surface area contributed by atoms with E-state index in [1.54, 1.807) is 50.4 Å². The Balaban J connectivity index is 2.10. The van der Waals surface area contributed by atoms with E-state index >= 15 is 0 Å². The third-order valence-electron chi connectivity index (χ3n) is 4.29. The number of hydrogen-bond donors (Lipinski definition) is 0. The SMILES string of the molecule is COc1cccc(CN(c2cccc(Br)c2)S(=O)(=O)c2ccc(C)c(F)c2)c1. The van der Waals surface area contributed by atoms with Crippen LogP contribution in [0.5, 0.6) is 5.75 Å². The molecule has 28 heavy (non-hydrogen) atoms. The molecule has 0 spiro atoms. The highest BCUT2D eigenvalue weighted by Crippen LogP contribution is 2.29. The first-order chi connectivity index (χ1) is 13.3. The molecule has 4 nitrogen and oxygen atoms in total. The van der Waals surface area contributed by atoms with Crippen LogP contribution in [0.1, 0.15) is 11.1 Å². The van der Waals surface area contributed by atoms with Crippen LogP contribution in [0.25, 0.3) is 0 Å². The number of methoxy groups -OCH3 is 1. The first-order valence-corrected chi connectivity index (χ1v) is 10.7. The van der Waals surface area contributed by atoms with E-state index in [0.29, 0.717) is 17.0 Å². The van der Waals surface area contributed by atoms with E-state index in [1.165, 1.54) is 16.4 Å². The minimum absolute atomic E-state index is 0.0749. The van der Waals surface area contributed by atoms with Gasteiger partial charge in [-0.1, -0.05) is 40.2 Å². The van der Waals surface area contributed by atoms with Gasteiger partial charge in [0.2, 0.25) is 0 Å². The molecule has 0 amide bonds. The van der Waals surface area contributed by atoms with Crippen LogP contribution in [0.2, 0.25) is 0 Å².